The third kappa shape index (κ3) is 3.74. The number of tetrazole rings is 1. The van der Waals surface area contributed by atoms with Crippen LogP contribution in [0.2, 0.25) is 0 Å². The summed E-state index contributed by atoms with van der Waals surface area (Å²) in [6.07, 6.45) is 0. The van der Waals surface area contributed by atoms with Crippen molar-refractivity contribution in [1.29, 1.82) is 0 Å². The summed E-state index contributed by atoms with van der Waals surface area (Å²) in [4.78, 5) is 14.3. The molecule has 0 spiro atoms. The van der Waals surface area contributed by atoms with Crippen molar-refractivity contribution in [2.45, 2.75) is 34.2 Å². The molecule has 29 heavy (non-hydrogen) atoms. The fourth-order valence-electron chi connectivity index (χ4n) is 3.75. The van der Waals surface area contributed by atoms with Gasteiger partial charge in [0.2, 0.25) is 5.82 Å². The maximum atomic E-state index is 13.0. The second-order valence-electron chi connectivity index (χ2n) is 7.40. The molecule has 4 rings (SSSR count). The van der Waals surface area contributed by atoms with Crippen molar-refractivity contribution in [1.82, 2.24) is 24.8 Å². The molecule has 0 radical (unpaired) electrons. The highest BCUT2D eigenvalue weighted by Gasteiger charge is 2.18. The Balaban J connectivity index is 1.61. The van der Waals surface area contributed by atoms with Gasteiger partial charge in [0.1, 0.15) is 6.54 Å². The Labute approximate surface area is 169 Å². The van der Waals surface area contributed by atoms with Gasteiger partial charge in [-0.25, -0.2) is 0 Å². The first-order chi connectivity index (χ1) is 13.9. The summed E-state index contributed by atoms with van der Waals surface area (Å²) in [6, 6.07) is 17.9. The fourth-order valence-corrected chi connectivity index (χ4v) is 3.75. The van der Waals surface area contributed by atoms with Crippen molar-refractivity contribution in [2.75, 3.05) is 0 Å². The Kier molecular flexibility index (Phi) is 4.84. The smallest absolute Gasteiger partial charge is 0.204 e. The molecule has 0 N–H and O–H groups in total. The minimum atomic E-state index is -0.0364. The van der Waals surface area contributed by atoms with Crippen LogP contribution in [-0.4, -0.2) is 30.6 Å². The van der Waals surface area contributed by atoms with E-state index >= 15 is 0 Å². The second-order valence-corrected chi connectivity index (χ2v) is 7.40. The van der Waals surface area contributed by atoms with Gasteiger partial charge in [0.15, 0.2) is 5.78 Å². The first kappa shape index (κ1) is 18.8. The molecular formula is C23H23N5O. The molecule has 6 heteroatoms. The van der Waals surface area contributed by atoms with E-state index < -0.39 is 0 Å². The highest BCUT2D eigenvalue weighted by molar-refractivity contribution is 5.97. The minimum Gasteiger partial charge on any atom is -0.318 e. The van der Waals surface area contributed by atoms with Crippen LogP contribution in [0, 0.1) is 27.7 Å². The summed E-state index contributed by atoms with van der Waals surface area (Å²) in [5, 5.41) is 12.5. The van der Waals surface area contributed by atoms with Crippen molar-refractivity contribution in [3.05, 3.63) is 82.7 Å². The van der Waals surface area contributed by atoms with Crippen LogP contribution >= 0.6 is 0 Å². The van der Waals surface area contributed by atoms with Crippen LogP contribution in [-0.2, 0) is 6.54 Å². The first-order valence-corrected chi connectivity index (χ1v) is 9.56. The SMILES string of the molecule is Cc1cc(C)cc(-n2c(C)cc(C(=O)Cn3nnc(-c4ccccc4)n3)c2C)c1. The van der Waals surface area contributed by atoms with Gasteiger partial charge in [-0.05, 0) is 62.2 Å². The summed E-state index contributed by atoms with van der Waals surface area (Å²) in [6.45, 7) is 8.20. The molecule has 0 bridgehead atoms. The van der Waals surface area contributed by atoms with Gasteiger partial charge in [-0.2, -0.15) is 4.80 Å². The van der Waals surface area contributed by atoms with Crippen molar-refractivity contribution >= 4 is 5.78 Å². The molecule has 0 atom stereocenters. The number of carbonyl (C=O) groups is 1. The number of Topliss-reactive ketones (excluding diaryl/α,β-unsaturated/α-hetero) is 1. The van der Waals surface area contributed by atoms with Gasteiger partial charge in [0.25, 0.3) is 0 Å². The highest BCUT2D eigenvalue weighted by atomic mass is 16.1. The Morgan fingerprint density at radius 2 is 1.62 bits per heavy atom. The number of rotatable bonds is 5. The molecule has 146 valence electrons. The first-order valence-electron chi connectivity index (χ1n) is 9.56. The number of aryl methyl sites for hydroxylation is 3. The summed E-state index contributed by atoms with van der Waals surface area (Å²) in [7, 11) is 0. The van der Waals surface area contributed by atoms with E-state index in [1.165, 1.54) is 15.9 Å². The fraction of sp³-hybridized carbons (Fsp3) is 0.217. The normalized spacial score (nSPS) is 11.0. The zero-order chi connectivity index (χ0) is 20.5. The number of benzene rings is 2. The summed E-state index contributed by atoms with van der Waals surface area (Å²) in [5.41, 5.74) is 6.95. The minimum absolute atomic E-state index is 0.0364. The van der Waals surface area contributed by atoms with Crippen LogP contribution in [0.1, 0.15) is 32.9 Å². The van der Waals surface area contributed by atoms with Crippen molar-refractivity contribution < 1.29 is 4.79 Å². The molecule has 2 aromatic carbocycles. The number of ketones is 1. The Morgan fingerprint density at radius 3 is 2.31 bits per heavy atom. The van der Waals surface area contributed by atoms with E-state index in [1.807, 2.05) is 50.2 Å². The number of aromatic nitrogens is 5. The van der Waals surface area contributed by atoms with Crippen molar-refractivity contribution in [3.8, 4) is 17.1 Å². The van der Waals surface area contributed by atoms with E-state index in [0.29, 0.717) is 11.4 Å². The molecule has 6 nitrogen and oxygen atoms in total. The molecule has 2 heterocycles. The number of nitrogens with zero attached hydrogens (tertiary/aromatic N) is 5. The average Bonchev–Trinajstić information content (AvgIpc) is 3.26. The molecule has 0 aliphatic carbocycles. The predicted octanol–water partition coefficient (Wildman–Crippen LogP) is 4.25. The predicted molar refractivity (Wildman–Crippen MR) is 112 cm³/mol. The lowest BCUT2D eigenvalue weighted by Crippen LogP contribution is -2.14. The van der Waals surface area contributed by atoms with Crippen LogP contribution in [0.4, 0.5) is 0 Å². The van der Waals surface area contributed by atoms with Crippen molar-refractivity contribution in [3.63, 3.8) is 0 Å². The molecule has 0 saturated carbocycles. The van der Waals surface area contributed by atoms with E-state index in [2.05, 4.69) is 52.0 Å². The third-order valence-corrected chi connectivity index (χ3v) is 4.97. The average molecular weight is 385 g/mol. The summed E-state index contributed by atoms with van der Waals surface area (Å²) in [5.74, 6) is 0.477. The topological polar surface area (TPSA) is 65.6 Å². The van der Waals surface area contributed by atoms with Gasteiger partial charge in [-0.1, -0.05) is 36.4 Å². The molecule has 2 aromatic heterocycles. The zero-order valence-corrected chi connectivity index (χ0v) is 17.0. The molecule has 0 aliphatic rings. The second kappa shape index (κ2) is 7.47. The van der Waals surface area contributed by atoms with E-state index in [0.717, 1.165) is 22.6 Å². The molecule has 4 aromatic rings. The van der Waals surface area contributed by atoms with Crippen LogP contribution in [0.15, 0.2) is 54.6 Å². The molecule has 0 fully saturated rings. The van der Waals surface area contributed by atoms with Gasteiger partial charge in [0, 0.05) is 28.2 Å². The van der Waals surface area contributed by atoms with Crippen LogP contribution < -0.4 is 0 Å². The van der Waals surface area contributed by atoms with Gasteiger partial charge in [0.05, 0.1) is 0 Å². The number of carbonyl (C=O) groups excluding carboxylic acids is 1. The standard InChI is InChI=1S/C23H23N5O/c1-15-10-16(2)12-20(11-15)28-17(3)13-21(18(28)4)22(29)14-27-25-23(24-26-27)19-8-6-5-7-9-19/h5-13H,14H2,1-4H3. The Hall–Kier alpha value is -3.54. The van der Waals surface area contributed by atoms with Gasteiger partial charge in [-0.3, -0.25) is 4.79 Å². The van der Waals surface area contributed by atoms with Crippen LogP contribution in [0.3, 0.4) is 0 Å². The van der Waals surface area contributed by atoms with Gasteiger partial charge in [-0.15, -0.1) is 10.2 Å². The molecular weight excluding hydrogens is 362 g/mol. The largest absolute Gasteiger partial charge is 0.318 e. The Morgan fingerprint density at radius 1 is 0.931 bits per heavy atom. The lowest BCUT2D eigenvalue weighted by Gasteiger charge is -2.12. The van der Waals surface area contributed by atoms with Gasteiger partial charge >= 0.3 is 0 Å². The van der Waals surface area contributed by atoms with Crippen LogP contribution in [0.5, 0.6) is 0 Å². The molecule has 0 saturated heterocycles. The number of hydrogen-bond acceptors (Lipinski definition) is 4. The molecule has 0 amide bonds. The van der Waals surface area contributed by atoms with E-state index in [9.17, 15) is 4.79 Å². The van der Waals surface area contributed by atoms with E-state index in [1.54, 1.807) is 0 Å². The number of hydrogen-bond donors (Lipinski definition) is 0. The third-order valence-electron chi connectivity index (χ3n) is 4.97. The monoisotopic (exact) mass is 385 g/mol. The maximum absolute atomic E-state index is 13.0. The molecule has 0 unspecified atom stereocenters. The lowest BCUT2D eigenvalue weighted by molar-refractivity contribution is 0.0961. The molecule has 0 aliphatic heterocycles. The summed E-state index contributed by atoms with van der Waals surface area (Å²) >= 11 is 0. The van der Waals surface area contributed by atoms with E-state index in [4.69, 9.17) is 0 Å². The van der Waals surface area contributed by atoms with Crippen LogP contribution in [0.25, 0.3) is 17.1 Å². The summed E-state index contributed by atoms with van der Waals surface area (Å²) < 4.78 is 2.12. The van der Waals surface area contributed by atoms with Gasteiger partial charge < -0.3 is 4.57 Å². The Bertz CT molecular complexity index is 1170. The highest BCUT2D eigenvalue weighted by Crippen LogP contribution is 2.23. The quantitative estimate of drug-likeness (QED) is 0.482. The van der Waals surface area contributed by atoms with E-state index in [-0.39, 0.29) is 12.3 Å². The van der Waals surface area contributed by atoms with Crippen molar-refractivity contribution in [2.24, 2.45) is 0 Å². The maximum Gasteiger partial charge on any atom is 0.204 e. The zero-order valence-electron chi connectivity index (χ0n) is 17.0. The lowest BCUT2D eigenvalue weighted by atomic mass is 10.1.